The molecule has 0 saturated carbocycles. The molecule has 0 N–H and O–H groups in total. The lowest BCUT2D eigenvalue weighted by molar-refractivity contribution is -0.137. The number of likely N-dealkylation sites (tertiary alicyclic amines) is 2. The third-order valence-electron chi connectivity index (χ3n) is 6.16. The third-order valence-corrected chi connectivity index (χ3v) is 6.16. The summed E-state index contributed by atoms with van der Waals surface area (Å²) in [6.07, 6.45) is -1.30. The van der Waals surface area contributed by atoms with Crippen molar-refractivity contribution in [2.24, 2.45) is 0 Å². The fourth-order valence-corrected chi connectivity index (χ4v) is 4.24. The van der Waals surface area contributed by atoms with Gasteiger partial charge < -0.3 is 19.0 Å². The molecule has 2 aromatic rings. The van der Waals surface area contributed by atoms with E-state index in [1.165, 1.54) is 12.1 Å². The Morgan fingerprint density at radius 2 is 1.77 bits per heavy atom. The van der Waals surface area contributed by atoms with Gasteiger partial charge in [-0.3, -0.25) is 0 Å². The smallest absolute Gasteiger partial charge is 0.416 e. The molecule has 0 bridgehead atoms. The lowest BCUT2D eigenvalue weighted by Crippen LogP contribution is -2.59. The lowest BCUT2D eigenvalue weighted by Gasteiger charge is -2.44. The largest absolute Gasteiger partial charge is 0.448 e. The number of hydrogen-bond donors (Lipinski definition) is 0. The molecule has 1 aromatic heterocycles. The molecule has 2 aliphatic heterocycles. The number of urea groups is 1. The normalized spacial score (nSPS) is 22.5. The second-order valence-corrected chi connectivity index (χ2v) is 8.23. The van der Waals surface area contributed by atoms with Crippen LogP contribution in [0.4, 0.5) is 18.0 Å². The molecule has 2 aliphatic rings. The molecule has 0 radical (unpaired) electrons. The van der Waals surface area contributed by atoms with Crippen molar-refractivity contribution in [2.45, 2.75) is 43.9 Å². The maximum absolute atomic E-state index is 13.0. The van der Waals surface area contributed by atoms with E-state index in [-0.39, 0.29) is 24.0 Å². The molecular formula is C22H26F3N3O3. The van der Waals surface area contributed by atoms with Crippen molar-refractivity contribution in [3.8, 4) is 0 Å². The van der Waals surface area contributed by atoms with Crippen molar-refractivity contribution in [3.63, 3.8) is 0 Å². The summed E-state index contributed by atoms with van der Waals surface area (Å²) in [5.41, 5.74) is 0.939. The van der Waals surface area contributed by atoms with Crippen molar-refractivity contribution in [1.82, 2.24) is 14.8 Å². The van der Waals surface area contributed by atoms with Crippen molar-refractivity contribution in [1.29, 1.82) is 0 Å². The van der Waals surface area contributed by atoms with Gasteiger partial charge in [0.1, 0.15) is 6.26 Å². The first-order valence-corrected chi connectivity index (χ1v) is 10.5. The first-order chi connectivity index (χ1) is 14.8. The van der Waals surface area contributed by atoms with Crippen molar-refractivity contribution >= 4 is 6.03 Å². The standard InChI is InChI=1S/C22H26F3N3O3/c1-3-18-13-31-20(26-18)16-8-15(14-4-6-17(7-5-14)22(23,24)25)9-27(10-16)21(29)28-11-19(12-28)30-2/h4-7,13,15-16,19H,3,8-12H2,1-2H3. The van der Waals surface area contributed by atoms with Gasteiger partial charge in [0.2, 0.25) is 0 Å². The Hall–Kier alpha value is -2.55. The number of carbonyl (C=O) groups is 1. The Morgan fingerprint density at radius 1 is 1.13 bits per heavy atom. The molecule has 2 amide bonds. The van der Waals surface area contributed by atoms with Crippen LogP contribution < -0.4 is 0 Å². The van der Waals surface area contributed by atoms with Crippen LogP contribution in [-0.2, 0) is 17.3 Å². The average Bonchev–Trinajstić information content (AvgIpc) is 3.21. The predicted octanol–water partition coefficient (Wildman–Crippen LogP) is 4.28. The summed E-state index contributed by atoms with van der Waals surface area (Å²) in [4.78, 5) is 21.1. The molecular weight excluding hydrogens is 411 g/mol. The number of carbonyl (C=O) groups excluding carboxylic acids is 1. The highest BCUT2D eigenvalue weighted by Gasteiger charge is 2.39. The lowest BCUT2D eigenvalue weighted by atomic mass is 9.84. The number of piperidine rings is 1. The topological polar surface area (TPSA) is 58.8 Å². The second-order valence-electron chi connectivity index (χ2n) is 8.23. The van der Waals surface area contributed by atoms with Crippen LogP contribution in [0.3, 0.4) is 0 Å². The van der Waals surface area contributed by atoms with Crippen LogP contribution in [0.2, 0.25) is 0 Å². The minimum atomic E-state index is -4.38. The molecule has 9 heteroatoms. The number of methoxy groups -OCH3 is 1. The van der Waals surface area contributed by atoms with Gasteiger partial charge in [0.15, 0.2) is 5.89 Å². The molecule has 0 spiro atoms. The van der Waals surface area contributed by atoms with Crippen LogP contribution >= 0.6 is 0 Å². The summed E-state index contributed by atoms with van der Waals surface area (Å²) in [7, 11) is 1.62. The Bertz CT molecular complexity index is 907. The highest BCUT2D eigenvalue weighted by Crippen LogP contribution is 2.37. The minimum absolute atomic E-state index is 0.0501. The Balaban J connectivity index is 1.56. The molecule has 1 aromatic carbocycles. The first-order valence-electron chi connectivity index (χ1n) is 10.5. The fraction of sp³-hybridized carbons (Fsp3) is 0.545. The molecule has 31 heavy (non-hydrogen) atoms. The number of rotatable bonds is 4. The van der Waals surface area contributed by atoms with Crippen LogP contribution in [0.25, 0.3) is 0 Å². The van der Waals surface area contributed by atoms with E-state index in [0.717, 1.165) is 29.8 Å². The van der Waals surface area contributed by atoms with Gasteiger partial charge in [-0.15, -0.1) is 0 Å². The van der Waals surface area contributed by atoms with Gasteiger partial charge in [-0.1, -0.05) is 19.1 Å². The van der Waals surface area contributed by atoms with Gasteiger partial charge in [0, 0.05) is 26.1 Å². The van der Waals surface area contributed by atoms with Crippen LogP contribution in [-0.4, -0.2) is 60.2 Å². The zero-order chi connectivity index (χ0) is 22.2. The number of amides is 2. The number of ether oxygens (including phenoxy) is 1. The fourth-order valence-electron chi connectivity index (χ4n) is 4.24. The van der Waals surface area contributed by atoms with Crippen molar-refractivity contribution in [3.05, 3.63) is 53.2 Å². The van der Waals surface area contributed by atoms with Crippen LogP contribution in [0.1, 0.15) is 47.9 Å². The van der Waals surface area contributed by atoms with E-state index in [4.69, 9.17) is 9.15 Å². The van der Waals surface area contributed by atoms with Crippen molar-refractivity contribution < 1.29 is 27.1 Å². The Morgan fingerprint density at radius 3 is 2.35 bits per heavy atom. The van der Waals surface area contributed by atoms with Gasteiger partial charge in [0.05, 0.1) is 36.4 Å². The summed E-state index contributed by atoms with van der Waals surface area (Å²) in [5.74, 6) is 0.343. The molecule has 2 saturated heterocycles. The van der Waals surface area contributed by atoms with Gasteiger partial charge in [0.25, 0.3) is 0 Å². The number of benzene rings is 1. The number of nitrogens with zero attached hydrogens (tertiary/aromatic N) is 3. The molecule has 168 valence electrons. The molecule has 2 unspecified atom stereocenters. The number of aromatic nitrogens is 1. The van der Waals surface area contributed by atoms with Crippen molar-refractivity contribution in [2.75, 3.05) is 33.3 Å². The van der Waals surface area contributed by atoms with E-state index < -0.39 is 11.7 Å². The van der Waals surface area contributed by atoms with Crippen LogP contribution in [0, 0.1) is 0 Å². The molecule has 0 aliphatic carbocycles. The summed E-state index contributed by atoms with van der Waals surface area (Å²) in [6.45, 7) is 3.98. The second kappa shape index (κ2) is 8.53. The third kappa shape index (κ3) is 4.56. The molecule has 4 rings (SSSR count). The van der Waals surface area contributed by atoms with E-state index >= 15 is 0 Å². The quantitative estimate of drug-likeness (QED) is 0.717. The highest BCUT2D eigenvalue weighted by atomic mass is 19.4. The number of hydrogen-bond acceptors (Lipinski definition) is 4. The van der Waals surface area contributed by atoms with E-state index in [1.54, 1.807) is 23.2 Å². The average molecular weight is 437 g/mol. The van der Waals surface area contributed by atoms with E-state index in [2.05, 4.69) is 4.98 Å². The number of alkyl halides is 3. The Labute approximate surface area is 179 Å². The zero-order valence-electron chi connectivity index (χ0n) is 17.6. The number of halogens is 3. The van der Waals surface area contributed by atoms with E-state index in [1.807, 2.05) is 6.92 Å². The van der Waals surface area contributed by atoms with E-state index in [9.17, 15) is 18.0 Å². The summed E-state index contributed by atoms with van der Waals surface area (Å²) >= 11 is 0. The van der Waals surface area contributed by atoms with Gasteiger partial charge in [-0.25, -0.2) is 9.78 Å². The van der Waals surface area contributed by atoms with Gasteiger partial charge >= 0.3 is 12.2 Å². The zero-order valence-corrected chi connectivity index (χ0v) is 17.6. The first kappa shape index (κ1) is 21.7. The molecule has 2 fully saturated rings. The van der Waals surface area contributed by atoms with Crippen LogP contribution in [0.5, 0.6) is 0 Å². The SMILES string of the molecule is CCc1coc(C2CC(c3ccc(C(F)(F)F)cc3)CN(C(=O)N3CC(OC)C3)C2)n1. The van der Waals surface area contributed by atoms with Gasteiger partial charge in [-0.2, -0.15) is 13.2 Å². The molecule has 2 atom stereocenters. The number of aryl methyl sites for hydroxylation is 1. The molecule has 3 heterocycles. The maximum Gasteiger partial charge on any atom is 0.416 e. The highest BCUT2D eigenvalue weighted by molar-refractivity contribution is 5.75. The monoisotopic (exact) mass is 437 g/mol. The van der Waals surface area contributed by atoms with E-state index in [0.29, 0.717) is 38.5 Å². The summed E-state index contributed by atoms with van der Waals surface area (Å²) < 4.78 is 49.8. The summed E-state index contributed by atoms with van der Waals surface area (Å²) in [5, 5.41) is 0. The Kier molecular flexibility index (Phi) is 5.96. The van der Waals surface area contributed by atoms with Gasteiger partial charge in [-0.05, 0) is 30.5 Å². The predicted molar refractivity (Wildman–Crippen MR) is 107 cm³/mol. The maximum atomic E-state index is 13.0. The number of oxazole rings is 1. The van der Waals surface area contributed by atoms with Crippen LogP contribution in [0.15, 0.2) is 34.9 Å². The molecule has 6 nitrogen and oxygen atoms in total. The summed E-state index contributed by atoms with van der Waals surface area (Å²) in [6, 6.07) is 5.14. The minimum Gasteiger partial charge on any atom is -0.448 e.